The molecule has 0 fully saturated rings. The normalized spacial score (nSPS) is 14.9. The molecule has 162 valence electrons. The smallest absolute Gasteiger partial charge is 0.338 e. The molecule has 1 aliphatic heterocycles. The van der Waals surface area contributed by atoms with Gasteiger partial charge in [0.15, 0.2) is 0 Å². The Labute approximate surface area is 184 Å². The molecule has 0 unspecified atom stereocenters. The van der Waals surface area contributed by atoms with E-state index in [2.05, 4.69) is 5.10 Å². The van der Waals surface area contributed by atoms with E-state index in [0.717, 1.165) is 5.56 Å². The third-order valence-corrected chi connectivity index (χ3v) is 4.80. The Morgan fingerprint density at radius 3 is 2.41 bits per heavy atom. The second-order valence-electron chi connectivity index (χ2n) is 7.57. The standard InChI is InChI=1S/C25H21FN2O4/c1-15(2)31-25(30)18-6-4-17(5-7-18)23-13-12-21(32-23)14-22-16(3)27-28(24(22)29)20-10-8-19(26)9-11-20/h4-15H,1-3H3/b22-14+. The van der Waals surface area contributed by atoms with Gasteiger partial charge in [-0.2, -0.15) is 10.1 Å². The molecule has 0 saturated heterocycles. The SMILES string of the molecule is CC1=NN(c2ccc(F)cc2)C(=O)/C1=C/c1ccc(-c2ccc(C(=O)OC(C)C)cc2)o1. The van der Waals surface area contributed by atoms with Gasteiger partial charge in [0.05, 0.1) is 28.6 Å². The zero-order valence-electron chi connectivity index (χ0n) is 17.8. The molecule has 1 amide bonds. The fourth-order valence-corrected chi connectivity index (χ4v) is 3.22. The maximum absolute atomic E-state index is 13.2. The number of amides is 1. The van der Waals surface area contributed by atoms with E-state index in [1.54, 1.807) is 63.2 Å². The number of carbonyl (C=O) groups is 2. The maximum atomic E-state index is 13.2. The van der Waals surface area contributed by atoms with Gasteiger partial charge in [0, 0.05) is 5.56 Å². The van der Waals surface area contributed by atoms with E-state index >= 15 is 0 Å². The number of esters is 1. The lowest BCUT2D eigenvalue weighted by molar-refractivity contribution is -0.114. The largest absolute Gasteiger partial charge is 0.459 e. The average molecular weight is 432 g/mol. The quantitative estimate of drug-likeness (QED) is 0.397. The van der Waals surface area contributed by atoms with Crippen LogP contribution in [0.2, 0.25) is 0 Å². The summed E-state index contributed by atoms with van der Waals surface area (Å²) in [5.41, 5.74) is 2.65. The molecular weight excluding hydrogens is 411 g/mol. The van der Waals surface area contributed by atoms with Crippen LogP contribution in [0.15, 0.2) is 75.8 Å². The number of hydrogen-bond acceptors (Lipinski definition) is 5. The van der Waals surface area contributed by atoms with Crippen molar-refractivity contribution in [2.45, 2.75) is 26.9 Å². The van der Waals surface area contributed by atoms with Crippen molar-refractivity contribution in [1.82, 2.24) is 0 Å². The van der Waals surface area contributed by atoms with Gasteiger partial charge in [0.2, 0.25) is 0 Å². The highest BCUT2D eigenvalue weighted by Crippen LogP contribution is 2.28. The van der Waals surface area contributed by atoms with Crippen LogP contribution in [0, 0.1) is 5.82 Å². The first-order valence-electron chi connectivity index (χ1n) is 10.1. The number of hydrazone groups is 1. The van der Waals surface area contributed by atoms with Crippen molar-refractivity contribution in [2.24, 2.45) is 5.10 Å². The highest BCUT2D eigenvalue weighted by Gasteiger charge is 2.29. The lowest BCUT2D eigenvalue weighted by atomic mass is 10.1. The number of furan rings is 1. The number of hydrogen-bond donors (Lipinski definition) is 0. The molecule has 0 saturated carbocycles. The summed E-state index contributed by atoms with van der Waals surface area (Å²) in [6.07, 6.45) is 1.44. The fourth-order valence-electron chi connectivity index (χ4n) is 3.22. The first kappa shape index (κ1) is 21.2. The van der Waals surface area contributed by atoms with Crippen molar-refractivity contribution in [3.63, 3.8) is 0 Å². The van der Waals surface area contributed by atoms with Gasteiger partial charge in [0.25, 0.3) is 5.91 Å². The first-order chi connectivity index (χ1) is 15.3. The van der Waals surface area contributed by atoms with Crippen LogP contribution in [0.3, 0.4) is 0 Å². The number of anilines is 1. The summed E-state index contributed by atoms with van der Waals surface area (Å²) in [7, 11) is 0. The van der Waals surface area contributed by atoms with Crippen LogP contribution >= 0.6 is 0 Å². The molecule has 1 aliphatic rings. The predicted octanol–water partition coefficient (Wildman–Crippen LogP) is 5.46. The van der Waals surface area contributed by atoms with Crippen molar-refractivity contribution in [1.29, 1.82) is 0 Å². The molecular formula is C25H21FN2O4. The Morgan fingerprint density at radius 1 is 1.06 bits per heavy atom. The Kier molecular flexibility index (Phi) is 5.73. The Morgan fingerprint density at radius 2 is 1.75 bits per heavy atom. The van der Waals surface area contributed by atoms with E-state index < -0.39 is 0 Å². The fraction of sp³-hybridized carbons (Fsp3) is 0.160. The van der Waals surface area contributed by atoms with Gasteiger partial charge >= 0.3 is 5.97 Å². The molecule has 2 aromatic carbocycles. The van der Waals surface area contributed by atoms with Crippen molar-refractivity contribution < 1.29 is 23.1 Å². The Bertz CT molecular complexity index is 1220. The molecule has 3 aromatic rings. The lowest BCUT2D eigenvalue weighted by Gasteiger charge is -2.11. The lowest BCUT2D eigenvalue weighted by Crippen LogP contribution is -2.21. The van der Waals surface area contributed by atoms with E-state index in [4.69, 9.17) is 9.15 Å². The van der Waals surface area contributed by atoms with E-state index in [1.807, 2.05) is 0 Å². The van der Waals surface area contributed by atoms with Crippen LogP contribution in [0.4, 0.5) is 10.1 Å². The number of ether oxygens (including phenoxy) is 1. The molecule has 1 aromatic heterocycles. The van der Waals surface area contributed by atoms with Gasteiger partial charge in [-0.1, -0.05) is 12.1 Å². The minimum Gasteiger partial charge on any atom is -0.459 e. The summed E-state index contributed by atoms with van der Waals surface area (Å²) in [4.78, 5) is 24.8. The van der Waals surface area contributed by atoms with Crippen molar-refractivity contribution >= 4 is 29.4 Å². The molecule has 0 bridgehead atoms. The van der Waals surface area contributed by atoms with Gasteiger partial charge in [0.1, 0.15) is 17.3 Å². The number of rotatable bonds is 5. The summed E-state index contributed by atoms with van der Waals surface area (Å²) < 4.78 is 24.3. The molecule has 4 rings (SSSR count). The van der Waals surface area contributed by atoms with Crippen LogP contribution in [0.25, 0.3) is 17.4 Å². The van der Waals surface area contributed by atoms with Gasteiger partial charge in [-0.25, -0.2) is 9.18 Å². The van der Waals surface area contributed by atoms with Crippen LogP contribution < -0.4 is 5.01 Å². The second kappa shape index (κ2) is 8.63. The van der Waals surface area contributed by atoms with E-state index in [1.165, 1.54) is 29.3 Å². The number of carbonyl (C=O) groups excluding carboxylic acids is 2. The molecule has 0 aliphatic carbocycles. The van der Waals surface area contributed by atoms with Crippen LogP contribution in [-0.4, -0.2) is 23.7 Å². The summed E-state index contributed by atoms with van der Waals surface area (Å²) in [6, 6.07) is 16.0. The van der Waals surface area contributed by atoms with Gasteiger partial charge in [-0.05, 0) is 75.4 Å². The molecule has 6 nitrogen and oxygen atoms in total. The summed E-state index contributed by atoms with van der Waals surface area (Å²) >= 11 is 0. The van der Waals surface area contributed by atoms with Gasteiger partial charge < -0.3 is 9.15 Å². The predicted molar refractivity (Wildman–Crippen MR) is 120 cm³/mol. The zero-order valence-corrected chi connectivity index (χ0v) is 17.8. The Balaban J connectivity index is 1.53. The number of halogens is 1. The average Bonchev–Trinajstić information content (AvgIpc) is 3.34. The minimum atomic E-state index is -0.384. The molecule has 0 N–H and O–H groups in total. The molecule has 7 heteroatoms. The Hall–Kier alpha value is -4.00. The van der Waals surface area contributed by atoms with Crippen molar-refractivity contribution in [3.8, 4) is 11.3 Å². The minimum absolute atomic E-state index is 0.188. The van der Waals surface area contributed by atoms with E-state index in [-0.39, 0.29) is 23.8 Å². The summed E-state index contributed by atoms with van der Waals surface area (Å²) in [5, 5.41) is 5.52. The van der Waals surface area contributed by atoms with Gasteiger partial charge in [-0.3, -0.25) is 4.79 Å². The van der Waals surface area contributed by atoms with Crippen LogP contribution in [0.5, 0.6) is 0 Å². The molecule has 2 heterocycles. The zero-order chi connectivity index (χ0) is 22.8. The number of nitrogens with zero attached hydrogens (tertiary/aromatic N) is 2. The van der Waals surface area contributed by atoms with Crippen LogP contribution in [0.1, 0.15) is 36.9 Å². The highest BCUT2D eigenvalue weighted by atomic mass is 19.1. The van der Waals surface area contributed by atoms with Gasteiger partial charge in [-0.15, -0.1) is 0 Å². The molecule has 32 heavy (non-hydrogen) atoms. The van der Waals surface area contributed by atoms with E-state index in [0.29, 0.717) is 34.1 Å². The summed E-state index contributed by atoms with van der Waals surface area (Å²) in [6.45, 7) is 5.32. The van der Waals surface area contributed by atoms with Crippen molar-refractivity contribution in [3.05, 3.63) is 83.4 Å². The van der Waals surface area contributed by atoms with Crippen molar-refractivity contribution in [2.75, 3.05) is 5.01 Å². The topological polar surface area (TPSA) is 72.1 Å². The molecule has 0 atom stereocenters. The molecule has 0 spiro atoms. The van der Waals surface area contributed by atoms with Crippen LogP contribution in [-0.2, 0) is 9.53 Å². The maximum Gasteiger partial charge on any atom is 0.338 e. The third-order valence-electron chi connectivity index (χ3n) is 4.80. The van der Waals surface area contributed by atoms with E-state index in [9.17, 15) is 14.0 Å². The highest BCUT2D eigenvalue weighted by molar-refractivity contribution is 6.32. The molecule has 0 radical (unpaired) electrons. The first-order valence-corrected chi connectivity index (χ1v) is 10.1. The number of benzene rings is 2. The monoisotopic (exact) mass is 432 g/mol. The third kappa shape index (κ3) is 4.37. The second-order valence-corrected chi connectivity index (χ2v) is 7.57. The summed E-state index contributed by atoms with van der Waals surface area (Å²) in [5.74, 6) is -0.000240.